The Morgan fingerprint density at radius 2 is 1.37 bits per heavy atom. The van der Waals surface area contributed by atoms with Crippen molar-refractivity contribution in [2.75, 3.05) is 0 Å². The molecule has 5 heteroatoms. The van der Waals surface area contributed by atoms with E-state index in [1.165, 1.54) is 18.2 Å². The zero-order chi connectivity index (χ0) is 14.3. The summed E-state index contributed by atoms with van der Waals surface area (Å²) < 4.78 is 47.9. The maximum atomic E-state index is 12.6. The number of benzene rings is 2. The van der Waals surface area contributed by atoms with Crippen LogP contribution in [0.4, 0.5) is 17.6 Å². The van der Waals surface area contributed by atoms with Gasteiger partial charge >= 0.3 is 6.18 Å². The molecule has 0 aliphatic rings. The Kier molecular flexibility index (Phi) is 6.02. The molecule has 0 N–H and O–H groups in total. The van der Waals surface area contributed by atoms with Crippen molar-refractivity contribution in [1.29, 1.82) is 0 Å². The summed E-state index contributed by atoms with van der Waals surface area (Å²) in [6.07, 6.45) is -4.21. The largest absolute Gasteiger partial charge is 0.416 e. The highest BCUT2D eigenvalue weighted by molar-refractivity contribution is 9.08. The Balaban J connectivity index is 0.000000191. The number of alkyl halides is 4. The Morgan fingerprint density at radius 3 is 1.74 bits per heavy atom. The first-order valence-electron chi connectivity index (χ1n) is 5.36. The molecule has 0 radical (unpaired) electrons. The maximum absolute atomic E-state index is 12.6. The molecule has 0 spiro atoms. The molecule has 0 saturated carbocycles. The van der Waals surface area contributed by atoms with Gasteiger partial charge in [-0.25, -0.2) is 4.39 Å². The maximum Gasteiger partial charge on any atom is 0.416 e. The fraction of sp³-hybridized carbons (Fsp3) is 0.143. The molecule has 0 amide bonds. The Labute approximate surface area is 117 Å². The van der Waals surface area contributed by atoms with E-state index in [1.54, 1.807) is 18.2 Å². The fourth-order valence-corrected chi connectivity index (χ4v) is 1.69. The summed E-state index contributed by atoms with van der Waals surface area (Å²) in [6, 6.07) is 13.1. The van der Waals surface area contributed by atoms with Crippen LogP contribution in [-0.2, 0) is 11.5 Å². The SMILES string of the molecule is FC(F)(F)c1ccccc1.Fc1ccccc1CBr. The normalized spacial score (nSPS) is 10.6. The van der Waals surface area contributed by atoms with Crippen molar-refractivity contribution < 1.29 is 17.6 Å². The van der Waals surface area contributed by atoms with Gasteiger partial charge in [0.25, 0.3) is 0 Å². The van der Waals surface area contributed by atoms with E-state index in [-0.39, 0.29) is 5.82 Å². The van der Waals surface area contributed by atoms with Crippen LogP contribution in [0.2, 0.25) is 0 Å². The lowest BCUT2D eigenvalue weighted by Gasteiger charge is -2.03. The molecule has 0 aliphatic carbocycles. The lowest BCUT2D eigenvalue weighted by Crippen LogP contribution is -2.03. The molecule has 102 valence electrons. The van der Waals surface area contributed by atoms with Gasteiger partial charge in [-0.2, -0.15) is 13.2 Å². The summed E-state index contributed by atoms with van der Waals surface area (Å²) in [5.74, 6) is -0.144. The lowest BCUT2D eigenvalue weighted by atomic mass is 10.2. The summed E-state index contributed by atoms with van der Waals surface area (Å²) in [5.41, 5.74) is 0.104. The quantitative estimate of drug-likeness (QED) is 0.482. The molecule has 2 aromatic carbocycles. The van der Waals surface area contributed by atoms with Crippen molar-refractivity contribution in [3.05, 3.63) is 71.5 Å². The molecule has 2 rings (SSSR count). The molecule has 0 aliphatic heterocycles. The van der Waals surface area contributed by atoms with Crippen molar-refractivity contribution in [3.63, 3.8) is 0 Å². The van der Waals surface area contributed by atoms with Crippen LogP contribution in [0.5, 0.6) is 0 Å². The molecule has 0 nitrogen and oxygen atoms in total. The highest BCUT2D eigenvalue weighted by Gasteiger charge is 2.29. The minimum atomic E-state index is -4.21. The van der Waals surface area contributed by atoms with Gasteiger partial charge < -0.3 is 0 Å². The van der Waals surface area contributed by atoms with Crippen LogP contribution in [0, 0.1) is 5.82 Å². The molecule has 0 heterocycles. The zero-order valence-electron chi connectivity index (χ0n) is 9.79. The second-order valence-corrected chi connectivity index (χ2v) is 4.15. The molecular formula is C14H11BrF4. The number of halogens is 5. The lowest BCUT2D eigenvalue weighted by molar-refractivity contribution is -0.137. The van der Waals surface area contributed by atoms with E-state index in [0.29, 0.717) is 10.9 Å². The van der Waals surface area contributed by atoms with Crippen LogP contribution in [0.1, 0.15) is 11.1 Å². The third kappa shape index (κ3) is 5.42. The summed E-state index contributed by atoms with van der Waals surface area (Å²) in [6.45, 7) is 0. The van der Waals surface area contributed by atoms with Gasteiger partial charge in [0.1, 0.15) is 5.82 Å². The van der Waals surface area contributed by atoms with E-state index in [9.17, 15) is 17.6 Å². The van der Waals surface area contributed by atoms with Crippen molar-refractivity contribution in [1.82, 2.24) is 0 Å². The number of rotatable bonds is 1. The van der Waals surface area contributed by atoms with Gasteiger partial charge in [0.2, 0.25) is 0 Å². The molecule has 0 fully saturated rings. The Bertz CT molecular complexity index is 494. The summed E-state index contributed by atoms with van der Waals surface area (Å²) in [7, 11) is 0. The predicted octanol–water partition coefficient (Wildman–Crippen LogP) is 5.43. The molecule has 19 heavy (non-hydrogen) atoms. The molecular weight excluding hydrogens is 324 g/mol. The molecule has 0 saturated heterocycles. The first-order chi connectivity index (χ1) is 8.95. The van der Waals surface area contributed by atoms with Crippen molar-refractivity contribution >= 4 is 15.9 Å². The van der Waals surface area contributed by atoms with Gasteiger partial charge in [0, 0.05) is 5.33 Å². The monoisotopic (exact) mass is 334 g/mol. The summed E-state index contributed by atoms with van der Waals surface area (Å²) in [4.78, 5) is 0. The van der Waals surface area contributed by atoms with Crippen LogP contribution < -0.4 is 0 Å². The van der Waals surface area contributed by atoms with Crippen LogP contribution in [0.15, 0.2) is 54.6 Å². The van der Waals surface area contributed by atoms with Crippen LogP contribution >= 0.6 is 15.9 Å². The van der Waals surface area contributed by atoms with E-state index in [0.717, 1.165) is 12.1 Å². The van der Waals surface area contributed by atoms with Crippen molar-refractivity contribution in [3.8, 4) is 0 Å². The van der Waals surface area contributed by atoms with Crippen LogP contribution in [0.25, 0.3) is 0 Å². The van der Waals surface area contributed by atoms with Crippen molar-refractivity contribution in [2.24, 2.45) is 0 Å². The highest BCUT2D eigenvalue weighted by Crippen LogP contribution is 2.28. The van der Waals surface area contributed by atoms with E-state index >= 15 is 0 Å². The van der Waals surface area contributed by atoms with Crippen LogP contribution in [0.3, 0.4) is 0 Å². The first-order valence-corrected chi connectivity index (χ1v) is 6.49. The number of hydrogen-bond acceptors (Lipinski definition) is 0. The molecule has 0 bridgehead atoms. The van der Waals surface area contributed by atoms with E-state index < -0.39 is 11.7 Å². The van der Waals surface area contributed by atoms with E-state index in [2.05, 4.69) is 15.9 Å². The van der Waals surface area contributed by atoms with E-state index in [1.807, 2.05) is 6.07 Å². The zero-order valence-corrected chi connectivity index (χ0v) is 11.4. The Hall–Kier alpha value is -1.36. The fourth-order valence-electron chi connectivity index (χ4n) is 1.23. The van der Waals surface area contributed by atoms with Gasteiger partial charge in [-0.15, -0.1) is 0 Å². The standard InChI is InChI=1S/C7H6BrF.C7H5F3/c8-5-6-3-1-2-4-7(6)9;8-7(9,10)6-4-2-1-3-5-6/h1-4H,5H2;1-5H. The van der Waals surface area contributed by atoms with Gasteiger partial charge in [-0.1, -0.05) is 64.5 Å². The van der Waals surface area contributed by atoms with Gasteiger partial charge in [-0.05, 0) is 11.6 Å². The topological polar surface area (TPSA) is 0 Å². The minimum absolute atomic E-state index is 0.144. The molecule has 0 unspecified atom stereocenters. The molecule has 0 aromatic heterocycles. The molecule has 0 atom stereocenters. The van der Waals surface area contributed by atoms with Crippen LogP contribution in [-0.4, -0.2) is 0 Å². The van der Waals surface area contributed by atoms with Gasteiger partial charge in [-0.3, -0.25) is 0 Å². The average Bonchev–Trinajstić information content (AvgIpc) is 2.40. The Morgan fingerprint density at radius 1 is 0.842 bits per heavy atom. The van der Waals surface area contributed by atoms with Gasteiger partial charge in [0.15, 0.2) is 0 Å². The third-order valence-electron chi connectivity index (χ3n) is 2.20. The van der Waals surface area contributed by atoms with Crippen molar-refractivity contribution in [2.45, 2.75) is 11.5 Å². The second kappa shape index (κ2) is 7.28. The highest BCUT2D eigenvalue weighted by atomic mass is 79.9. The van der Waals surface area contributed by atoms with Gasteiger partial charge in [0.05, 0.1) is 5.56 Å². The summed E-state index contributed by atoms with van der Waals surface area (Å²) in [5, 5.41) is 0.583. The van der Waals surface area contributed by atoms with E-state index in [4.69, 9.17) is 0 Å². The second-order valence-electron chi connectivity index (χ2n) is 3.59. The summed E-state index contributed by atoms with van der Waals surface area (Å²) >= 11 is 3.17. The number of hydrogen-bond donors (Lipinski definition) is 0. The smallest absolute Gasteiger partial charge is 0.207 e. The predicted molar refractivity (Wildman–Crippen MR) is 70.5 cm³/mol. The first kappa shape index (κ1) is 15.7. The minimum Gasteiger partial charge on any atom is -0.207 e. The average molecular weight is 335 g/mol. The molecule has 2 aromatic rings. The third-order valence-corrected chi connectivity index (χ3v) is 2.81.